The van der Waals surface area contributed by atoms with Crippen LogP contribution in [0.1, 0.15) is 41.5 Å². The Kier molecular flexibility index (Phi) is 12.7. The van der Waals surface area contributed by atoms with Crippen molar-refractivity contribution in [2.24, 2.45) is 10.2 Å². The number of nitrogens with zero attached hydrogens (tertiary/aromatic N) is 6. The Balaban J connectivity index is 1.94. The molecular formula is C18H36N10S4. The molecule has 0 aliphatic carbocycles. The van der Waals surface area contributed by atoms with Crippen LogP contribution in [0, 0.1) is 0 Å². The predicted molar refractivity (Wildman–Crippen MR) is 145 cm³/mol. The van der Waals surface area contributed by atoms with Crippen molar-refractivity contribution in [3.63, 3.8) is 0 Å². The number of hydrazone groups is 2. The lowest BCUT2D eigenvalue weighted by Crippen LogP contribution is -2.48. The molecule has 182 valence electrons. The summed E-state index contributed by atoms with van der Waals surface area (Å²) in [5.74, 6) is 1.90. The van der Waals surface area contributed by atoms with Crippen molar-refractivity contribution in [2.75, 3.05) is 39.3 Å². The minimum atomic E-state index is 0.788. The van der Waals surface area contributed by atoms with Gasteiger partial charge in [0.05, 0.1) is 0 Å². The topological polar surface area (TPSA) is 85.8 Å². The maximum Gasteiger partial charge on any atom is 0.155 e. The average Bonchev–Trinajstić information content (AvgIpc) is 2.79. The van der Waals surface area contributed by atoms with Gasteiger partial charge in [0.1, 0.15) is 10.1 Å². The van der Waals surface area contributed by atoms with E-state index in [9.17, 15) is 0 Å². The first-order valence-corrected chi connectivity index (χ1v) is 15.8. The summed E-state index contributed by atoms with van der Waals surface area (Å²) in [6, 6.07) is 0. The van der Waals surface area contributed by atoms with Crippen molar-refractivity contribution in [1.82, 2.24) is 42.0 Å². The van der Waals surface area contributed by atoms with E-state index in [1.807, 2.05) is 0 Å². The fraction of sp³-hybridized carbons (Fsp3) is 0.667. The molecule has 0 fully saturated rings. The van der Waals surface area contributed by atoms with Gasteiger partial charge in [-0.2, -0.15) is 10.9 Å². The molecule has 0 radical (unpaired) electrons. The first-order chi connectivity index (χ1) is 15.6. The summed E-state index contributed by atoms with van der Waals surface area (Å²) in [5.41, 5.74) is 13.0. The number of rotatable bonds is 13. The number of nitrogens with one attached hydrogen (secondary N) is 4. The van der Waals surface area contributed by atoms with Crippen LogP contribution in [0.3, 0.4) is 0 Å². The summed E-state index contributed by atoms with van der Waals surface area (Å²) in [5, 5.41) is 14.7. The van der Waals surface area contributed by atoms with Gasteiger partial charge < -0.3 is 9.80 Å². The zero-order valence-corrected chi connectivity index (χ0v) is 23.0. The smallest absolute Gasteiger partial charge is 0.155 e. The lowest BCUT2D eigenvalue weighted by Gasteiger charge is -2.31. The number of hydrazine groups is 4. The van der Waals surface area contributed by atoms with E-state index in [-0.39, 0.29) is 0 Å². The Labute approximate surface area is 207 Å². The molecule has 2 rings (SSSR count). The van der Waals surface area contributed by atoms with Crippen molar-refractivity contribution in [3.8, 4) is 0 Å². The van der Waals surface area contributed by atoms with Crippen LogP contribution in [-0.4, -0.2) is 71.2 Å². The van der Waals surface area contributed by atoms with E-state index < -0.39 is 0 Å². The van der Waals surface area contributed by atoms with Crippen LogP contribution in [-0.2, 0) is 0 Å². The second kappa shape index (κ2) is 15.0. The molecule has 2 aliphatic heterocycles. The van der Waals surface area contributed by atoms with Crippen molar-refractivity contribution in [1.29, 1.82) is 0 Å². The number of amidine groups is 2. The molecule has 0 bridgehead atoms. The largest absolute Gasteiger partial charge is 0.356 e. The molecule has 14 heteroatoms. The highest BCUT2D eigenvalue weighted by molar-refractivity contribution is 9.26. The Hall–Kier alpha value is -1.06. The molecule has 4 N–H and O–H groups in total. The summed E-state index contributed by atoms with van der Waals surface area (Å²) in [7, 11) is 6.76. The SMILES string of the molecule is CCNN1N=C(N(CC)CC)C=C(SSSSC2=CC(N(CC)CC)=NN(NCC)N2)N1. The van der Waals surface area contributed by atoms with Crippen LogP contribution in [0.5, 0.6) is 0 Å². The minimum absolute atomic E-state index is 0.788. The Morgan fingerprint density at radius 3 is 1.41 bits per heavy atom. The quantitative estimate of drug-likeness (QED) is 0.212. The van der Waals surface area contributed by atoms with Crippen molar-refractivity contribution in [3.05, 3.63) is 22.2 Å². The molecule has 32 heavy (non-hydrogen) atoms. The van der Waals surface area contributed by atoms with Crippen LogP contribution in [0.25, 0.3) is 0 Å². The molecule has 0 saturated carbocycles. The molecule has 0 spiro atoms. The molecule has 0 aromatic rings. The van der Waals surface area contributed by atoms with E-state index in [4.69, 9.17) is 0 Å². The van der Waals surface area contributed by atoms with Crippen LogP contribution >= 0.6 is 41.2 Å². The maximum atomic E-state index is 4.63. The van der Waals surface area contributed by atoms with E-state index in [0.717, 1.165) is 61.0 Å². The average molecular weight is 521 g/mol. The Morgan fingerprint density at radius 2 is 1.09 bits per heavy atom. The lowest BCUT2D eigenvalue weighted by molar-refractivity contribution is 0.142. The minimum Gasteiger partial charge on any atom is -0.356 e. The second-order valence-electron chi connectivity index (χ2n) is 6.45. The van der Waals surface area contributed by atoms with Crippen LogP contribution in [0.15, 0.2) is 32.4 Å². The maximum absolute atomic E-state index is 4.63. The van der Waals surface area contributed by atoms with Gasteiger partial charge in [0.25, 0.3) is 0 Å². The second-order valence-corrected chi connectivity index (χ2v) is 12.2. The van der Waals surface area contributed by atoms with Gasteiger partial charge in [-0.25, -0.2) is 0 Å². The fourth-order valence-electron chi connectivity index (χ4n) is 2.86. The van der Waals surface area contributed by atoms with Crippen molar-refractivity contribution in [2.45, 2.75) is 41.5 Å². The number of likely N-dealkylation sites (N-methyl/N-ethyl adjacent to an activating group) is 2. The van der Waals surface area contributed by atoms with Gasteiger partial charge in [0.15, 0.2) is 11.7 Å². The summed E-state index contributed by atoms with van der Waals surface area (Å²) in [6.45, 7) is 17.9. The highest BCUT2D eigenvalue weighted by Crippen LogP contribution is 2.48. The van der Waals surface area contributed by atoms with Gasteiger partial charge in [0.2, 0.25) is 0 Å². The van der Waals surface area contributed by atoms with E-state index in [0.29, 0.717) is 0 Å². The number of hydrogen-bond acceptors (Lipinski definition) is 14. The van der Waals surface area contributed by atoms with Gasteiger partial charge in [-0.05, 0) is 68.9 Å². The third-order valence-corrected chi connectivity index (χ3v) is 10.3. The molecule has 0 saturated heterocycles. The van der Waals surface area contributed by atoms with E-state index in [2.05, 4.69) is 95.4 Å². The fourth-order valence-corrected chi connectivity index (χ4v) is 8.06. The van der Waals surface area contributed by atoms with Gasteiger partial charge in [-0.15, -0.1) is 20.7 Å². The standard InChI is InChI=1S/C18H36N10S4/c1-7-19-27-21-15(25(9-3)10-4)13-17(23-27)29-31-32-30-18-14-16(26(11-5)12-6)22-28(24-18)20-8-2/h13-14,19-20,23-24H,7-12H2,1-6H3. The molecule has 0 aromatic heterocycles. The molecule has 0 aromatic carbocycles. The highest BCUT2D eigenvalue weighted by atomic mass is 33.7. The van der Waals surface area contributed by atoms with Gasteiger partial charge in [-0.1, -0.05) is 13.8 Å². The van der Waals surface area contributed by atoms with Crippen LogP contribution < -0.4 is 21.7 Å². The molecule has 2 heterocycles. The van der Waals surface area contributed by atoms with Gasteiger partial charge in [0, 0.05) is 51.4 Å². The van der Waals surface area contributed by atoms with Crippen molar-refractivity contribution < 1.29 is 0 Å². The third-order valence-electron chi connectivity index (χ3n) is 4.42. The monoisotopic (exact) mass is 520 g/mol. The summed E-state index contributed by atoms with van der Waals surface area (Å²) >= 11 is 0. The normalized spacial score (nSPS) is 15.9. The summed E-state index contributed by atoms with van der Waals surface area (Å²) < 4.78 is 0. The first kappa shape index (κ1) is 27.2. The zero-order chi connectivity index (χ0) is 23.3. The molecular weight excluding hydrogens is 485 g/mol. The highest BCUT2D eigenvalue weighted by Gasteiger charge is 2.19. The Morgan fingerprint density at radius 1 is 0.719 bits per heavy atom. The first-order valence-electron chi connectivity index (χ1n) is 11.0. The van der Waals surface area contributed by atoms with Gasteiger partial charge >= 0.3 is 0 Å². The van der Waals surface area contributed by atoms with Crippen molar-refractivity contribution >= 4 is 52.9 Å². The molecule has 0 amide bonds. The van der Waals surface area contributed by atoms with Crippen LogP contribution in [0.2, 0.25) is 0 Å². The van der Waals surface area contributed by atoms with Gasteiger partial charge in [-0.3, -0.25) is 10.9 Å². The molecule has 10 nitrogen and oxygen atoms in total. The molecule has 0 atom stereocenters. The summed E-state index contributed by atoms with van der Waals surface area (Å²) in [4.78, 5) is 4.47. The third kappa shape index (κ3) is 8.37. The Bertz CT molecular complexity index is 633. The van der Waals surface area contributed by atoms with E-state index in [1.165, 1.54) is 0 Å². The zero-order valence-electron chi connectivity index (χ0n) is 19.7. The molecule has 0 unspecified atom stereocenters. The van der Waals surface area contributed by atoms with Crippen LogP contribution in [0.4, 0.5) is 0 Å². The van der Waals surface area contributed by atoms with E-state index >= 15 is 0 Å². The lowest BCUT2D eigenvalue weighted by atomic mass is 10.4. The summed E-state index contributed by atoms with van der Waals surface area (Å²) in [6.07, 6.45) is 4.19. The number of hydrogen-bond donors (Lipinski definition) is 4. The predicted octanol–water partition coefficient (Wildman–Crippen LogP) is 3.35. The van der Waals surface area contributed by atoms with E-state index in [1.54, 1.807) is 51.7 Å². The molecule has 2 aliphatic rings.